The van der Waals surface area contributed by atoms with E-state index < -0.39 is 11.7 Å². The van der Waals surface area contributed by atoms with Crippen LogP contribution in [0.5, 0.6) is 0 Å². The first-order valence-corrected chi connectivity index (χ1v) is 8.02. The summed E-state index contributed by atoms with van der Waals surface area (Å²) in [7, 11) is 0. The van der Waals surface area contributed by atoms with Crippen LogP contribution in [-0.4, -0.2) is 34.3 Å². The molecule has 0 spiro atoms. The van der Waals surface area contributed by atoms with E-state index >= 15 is 0 Å². The lowest BCUT2D eigenvalue weighted by molar-refractivity contribution is -0.0132. The third-order valence-electron chi connectivity index (χ3n) is 4.33. The lowest BCUT2D eigenvalue weighted by Crippen LogP contribution is -2.56. The molecule has 3 aromatic rings. The molecule has 1 aromatic carbocycles. The van der Waals surface area contributed by atoms with Crippen LogP contribution in [-0.2, 0) is 16.9 Å². The SMILES string of the molecule is O=C(Nc1cnc2[nH]cc(C3(O)CNC3)c2c1)OCc1ccccc1. The summed E-state index contributed by atoms with van der Waals surface area (Å²) in [6, 6.07) is 11.3. The number of rotatable bonds is 4. The van der Waals surface area contributed by atoms with Gasteiger partial charge in [-0.3, -0.25) is 5.32 Å². The number of nitrogens with zero attached hydrogens (tertiary/aromatic N) is 1. The van der Waals surface area contributed by atoms with E-state index in [1.807, 2.05) is 30.3 Å². The molecule has 7 heteroatoms. The van der Waals surface area contributed by atoms with Crippen molar-refractivity contribution >= 4 is 22.8 Å². The van der Waals surface area contributed by atoms with Crippen LogP contribution in [0.15, 0.2) is 48.8 Å². The lowest BCUT2D eigenvalue weighted by Gasteiger charge is -2.37. The number of nitrogens with one attached hydrogen (secondary N) is 3. The summed E-state index contributed by atoms with van der Waals surface area (Å²) < 4.78 is 5.21. The number of aliphatic hydroxyl groups is 1. The van der Waals surface area contributed by atoms with Crippen LogP contribution >= 0.6 is 0 Å². The van der Waals surface area contributed by atoms with Gasteiger partial charge in [-0.15, -0.1) is 0 Å². The number of anilines is 1. The first kappa shape index (κ1) is 15.6. The summed E-state index contributed by atoms with van der Waals surface area (Å²) >= 11 is 0. The van der Waals surface area contributed by atoms with Crippen LogP contribution in [0.1, 0.15) is 11.1 Å². The number of benzene rings is 1. The maximum Gasteiger partial charge on any atom is 0.412 e. The molecule has 0 radical (unpaired) electrons. The van der Waals surface area contributed by atoms with Crippen LogP contribution < -0.4 is 10.6 Å². The molecular formula is C18H18N4O3. The zero-order valence-electron chi connectivity index (χ0n) is 13.5. The third-order valence-corrected chi connectivity index (χ3v) is 4.33. The Hall–Kier alpha value is -2.90. The van der Waals surface area contributed by atoms with Gasteiger partial charge in [0.2, 0.25) is 0 Å². The number of pyridine rings is 1. The molecule has 0 atom stereocenters. The smallest absolute Gasteiger partial charge is 0.412 e. The molecule has 1 amide bonds. The minimum atomic E-state index is -0.896. The van der Waals surface area contributed by atoms with E-state index in [0.29, 0.717) is 24.4 Å². The largest absolute Gasteiger partial charge is 0.444 e. The first-order valence-electron chi connectivity index (χ1n) is 8.02. The summed E-state index contributed by atoms with van der Waals surface area (Å²) in [5.74, 6) is 0. The number of carbonyl (C=O) groups is 1. The minimum Gasteiger partial charge on any atom is -0.444 e. The third kappa shape index (κ3) is 3.07. The highest BCUT2D eigenvalue weighted by Gasteiger charge is 2.38. The van der Waals surface area contributed by atoms with Crippen molar-refractivity contribution in [3.63, 3.8) is 0 Å². The Labute approximate surface area is 144 Å². The van der Waals surface area contributed by atoms with Gasteiger partial charge < -0.3 is 20.1 Å². The summed E-state index contributed by atoms with van der Waals surface area (Å²) in [6.07, 6.45) is 2.76. The molecule has 128 valence electrons. The van der Waals surface area contributed by atoms with Gasteiger partial charge in [0.05, 0.1) is 11.9 Å². The Balaban J connectivity index is 1.48. The number of aromatic amines is 1. The zero-order chi connectivity index (χ0) is 17.3. The highest BCUT2D eigenvalue weighted by atomic mass is 16.5. The number of aromatic nitrogens is 2. The fraction of sp³-hybridized carbons (Fsp3) is 0.222. The molecule has 1 fully saturated rings. The monoisotopic (exact) mass is 338 g/mol. The molecule has 0 unspecified atom stereocenters. The number of hydrogen-bond acceptors (Lipinski definition) is 5. The molecule has 4 rings (SSSR count). The van der Waals surface area contributed by atoms with E-state index in [1.54, 1.807) is 18.5 Å². The Kier molecular flexibility index (Phi) is 3.87. The predicted octanol–water partition coefficient (Wildman–Crippen LogP) is 2.10. The number of amides is 1. The van der Waals surface area contributed by atoms with Crippen molar-refractivity contribution in [3.05, 3.63) is 59.9 Å². The van der Waals surface area contributed by atoms with Gasteiger partial charge in [-0.1, -0.05) is 30.3 Å². The molecular weight excluding hydrogens is 320 g/mol. The van der Waals surface area contributed by atoms with Crippen LogP contribution in [0.25, 0.3) is 11.0 Å². The van der Waals surface area contributed by atoms with Gasteiger partial charge in [-0.25, -0.2) is 9.78 Å². The number of H-pyrrole nitrogens is 1. The molecule has 4 N–H and O–H groups in total. The average Bonchev–Trinajstić information content (AvgIpc) is 3.02. The molecule has 3 heterocycles. The quantitative estimate of drug-likeness (QED) is 0.584. The number of carbonyl (C=O) groups excluding carboxylic acids is 1. The first-order chi connectivity index (χ1) is 12.1. The van der Waals surface area contributed by atoms with Gasteiger partial charge in [0.15, 0.2) is 0 Å². The Bertz CT molecular complexity index is 903. The number of ether oxygens (including phenoxy) is 1. The summed E-state index contributed by atoms with van der Waals surface area (Å²) in [5.41, 5.74) is 1.97. The molecule has 25 heavy (non-hydrogen) atoms. The van der Waals surface area contributed by atoms with Gasteiger partial charge in [0.1, 0.15) is 17.9 Å². The fourth-order valence-corrected chi connectivity index (χ4v) is 2.89. The van der Waals surface area contributed by atoms with Crippen molar-refractivity contribution in [2.45, 2.75) is 12.2 Å². The summed E-state index contributed by atoms with van der Waals surface area (Å²) in [5, 5.41) is 17.0. The Morgan fingerprint density at radius 2 is 2.12 bits per heavy atom. The van der Waals surface area contributed by atoms with Crippen molar-refractivity contribution in [1.82, 2.24) is 15.3 Å². The lowest BCUT2D eigenvalue weighted by atomic mass is 9.88. The van der Waals surface area contributed by atoms with E-state index in [0.717, 1.165) is 16.5 Å². The van der Waals surface area contributed by atoms with Crippen LogP contribution in [0.3, 0.4) is 0 Å². The second-order valence-corrected chi connectivity index (χ2v) is 6.14. The number of hydrogen-bond donors (Lipinski definition) is 4. The molecule has 1 aliphatic heterocycles. The second-order valence-electron chi connectivity index (χ2n) is 6.14. The predicted molar refractivity (Wildman–Crippen MR) is 93.1 cm³/mol. The van der Waals surface area contributed by atoms with Crippen molar-refractivity contribution in [2.75, 3.05) is 18.4 Å². The van der Waals surface area contributed by atoms with E-state index in [1.165, 1.54) is 0 Å². The van der Waals surface area contributed by atoms with E-state index in [-0.39, 0.29) is 6.61 Å². The van der Waals surface area contributed by atoms with Crippen LogP contribution in [0.2, 0.25) is 0 Å². The minimum absolute atomic E-state index is 0.198. The van der Waals surface area contributed by atoms with Gasteiger partial charge in [0.25, 0.3) is 0 Å². The zero-order valence-corrected chi connectivity index (χ0v) is 13.5. The maximum absolute atomic E-state index is 12.0. The van der Waals surface area contributed by atoms with Crippen molar-refractivity contribution < 1.29 is 14.6 Å². The van der Waals surface area contributed by atoms with Gasteiger partial charge in [-0.05, 0) is 11.6 Å². The number of β-amino-alcohol motifs (C(OH)–C–C–N with tert-alkyl or cyclic N) is 1. The summed E-state index contributed by atoms with van der Waals surface area (Å²) in [4.78, 5) is 19.3. The van der Waals surface area contributed by atoms with E-state index in [4.69, 9.17) is 4.74 Å². The molecule has 2 aromatic heterocycles. The normalized spacial score (nSPS) is 15.6. The van der Waals surface area contributed by atoms with Gasteiger partial charge in [-0.2, -0.15) is 0 Å². The van der Waals surface area contributed by atoms with Gasteiger partial charge in [0, 0.05) is 30.2 Å². The second kappa shape index (κ2) is 6.19. The highest BCUT2D eigenvalue weighted by Crippen LogP contribution is 2.32. The van der Waals surface area contributed by atoms with Crippen molar-refractivity contribution in [2.24, 2.45) is 0 Å². The highest BCUT2D eigenvalue weighted by molar-refractivity contribution is 5.90. The summed E-state index contributed by atoms with van der Waals surface area (Å²) in [6.45, 7) is 1.19. The Morgan fingerprint density at radius 3 is 2.84 bits per heavy atom. The molecule has 0 bridgehead atoms. The molecule has 1 aliphatic rings. The van der Waals surface area contributed by atoms with E-state index in [2.05, 4.69) is 20.6 Å². The molecule has 1 saturated heterocycles. The van der Waals surface area contributed by atoms with Gasteiger partial charge >= 0.3 is 6.09 Å². The van der Waals surface area contributed by atoms with Crippen LogP contribution in [0.4, 0.5) is 10.5 Å². The van der Waals surface area contributed by atoms with Crippen molar-refractivity contribution in [3.8, 4) is 0 Å². The van der Waals surface area contributed by atoms with Crippen LogP contribution in [0, 0.1) is 0 Å². The molecule has 7 nitrogen and oxygen atoms in total. The topological polar surface area (TPSA) is 99.3 Å². The Morgan fingerprint density at radius 1 is 1.32 bits per heavy atom. The molecule has 0 saturated carbocycles. The maximum atomic E-state index is 12.0. The van der Waals surface area contributed by atoms with E-state index in [9.17, 15) is 9.90 Å². The standard InChI is InChI=1S/C18H18N4O3/c23-17(25-9-12-4-2-1-3-5-12)22-13-6-14-15(18(24)10-19-11-18)8-21-16(14)20-7-13/h1-8,19,24H,9-11H2,(H,20,21)(H,22,23). The van der Waals surface area contributed by atoms with Crippen molar-refractivity contribution in [1.29, 1.82) is 0 Å². The average molecular weight is 338 g/mol. The fourth-order valence-electron chi connectivity index (χ4n) is 2.89. The molecule has 0 aliphatic carbocycles. The number of fused-ring (bicyclic) bond motifs is 1.